The summed E-state index contributed by atoms with van der Waals surface area (Å²) in [4.78, 5) is 47.4. The van der Waals surface area contributed by atoms with Crippen LogP contribution in [0, 0.1) is 5.41 Å². The SMILES string of the molecule is CC(C)(C)OC(=O)N1CC2(CC(NC(=O)[C@H]3CC[C@@H]4CN3C(=O)N4OCc3ccccc3)C2)C1. The number of amides is 4. The molecule has 4 aliphatic rings. The van der Waals surface area contributed by atoms with Crippen LogP contribution in [0.4, 0.5) is 9.59 Å². The van der Waals surface area contributed by atoms with Crippen molar-refractivity contribution in [1.29, 1.82) is 0 Å². The van der Waals surface area contributed by atoms with Gasteiger partial charge in [0.15, 0.2) is 0 Å². The van der Waals surface area contributed by atoms with E-state index in [9.17, 15) is 14.4 Å². The number of hydroxylamine groups is 2. The highest BCUT2D eigenvalue weighted by Crippen LogP contribution is 2.48. The quantitative estimate of drug-likeness (QED) is 0.715. The zero-order valence-corrected chi connectivity index (χ0v) is 20.2. The molecular weight excluding hydrogens is 436 g/mol. The Labute approximate surface area is 200 Å². The van der Waals surface area contributed by atoms with E-state index < -0.39 is 11.6 Å². The van der Waals surface area contributed by atoms with Gasteiger partial charge in [-0.15, -0.1) is 0 Å². The lowest BCUT2D eigenvalue weighted by molar-refractivity contribution is -0.140. The van der Waals surface area contributed by atoms with E-state index in [0.29, 0.717) is 32.7 Å². The Hall–Kier alpha value is -2.81. The van der Waals surface area contributed by atoms with Crippen LogP contribution < -0.4 is 5.32 Å². The summed E-state index contributed by atoms with van der Waals surface area (Å²) in [5, 5.41) is 4.60. The normalized spacial score (nSPS) is 25.7. The number of hydrogen-bond acceptors (Lipinski definition) is 5. The Morgan fingerprint density at radius 3 is 2.50 bits per heavy atom. The molecule has 1 aliphatic carbocycles. The minimum absolute atomic E-state index is 0.0129. The molecule has 34 heavy (non-hydrogen) atoms. The van der Waals surface area contributed by atoms with Crippen molar-refractivity contribution in [1.82, 2.24) is 20.2 Å². The van der Waals surface area contributed by atoms with Gasteiger partial charge in [-0.2, -0.15) is 5.06 Å². The predicted octanol–water partition coefficient (Wildman–Crippen LogP) is 2.90. The summed E-state index contributed by atoms with van der Waals surface area (Å²) in [6.45, 7) is 7.80. The number of urea groups is 1. The first kappa shape index (κ1) is 23.0. The zero-order chi connectivity index (χ0) is 24.1. The van der Waals surface area contributed by atoms with Gasteiger partial charge in [0.05, 0.1) is 6.04 Å². The Bertz CT molecular complexity index is 948. The van der Waals surface area contributed by atoms with Gasteiger partial charge in [-0.05, 0) is 52.0 Å². The van der Waals surface area contributed by atoms with E-state index in [1.807, 2.05) is 51.1 Å². The number of carbonyl (C=O) groups is 3. The van der Waals surface area contributed by atoms with Crippen molar-refractivity contribution in [3.63, 3.8) is 0 Å². The van der Waals surface area contributed by atoms with E-state index in [1.54, 1.807) is 9.80 Å². The number of nitrogens with zero attached hydrogens (tertiary/aromatic N) is 3. The fraction of sp³-hybridized carbons (Fsp3) is 0.640. The fourth-order valence-corrected chi connectivity index (χ4v) is 5.65. The molecule has 9 heteroatoms. The van der Waals surface area contributed by atoms with Crippen LogP contribution in [0.15, 0.2) is 30.3 Å². The van der Waals surface area contributed by atoms with Crippen molar-refractivity contribution in [2.75, 3.05) is 19.6 Å². The first-order valence-electron chi connectivity index (χ1n) is 12.2. The molecule has 1 saturated carbocycles. The van der Waals surface area contributed by atoms with Crippen molar-refractivity contribution in [3.8, 4) is 0 Å². The number of fused-ring (bicyclic) bond motifs is 2. The molecule has 4 fully saturated rings. The summed E-state index contributed by atoms with van der Waals surface area (Å²) >= 11 is 0. The predicted molar refractivity (Wildman–Crippen MR) is 123 cm³/mol. The summed E-state index contributed by atoms with van der Waals surface area (Å²) < 4.78 is 5.43. The molecule has 1 N–H and O–H groups in total. The minimum Gasteiger partial charge on any atom is -0.444 e. The van der Waals surface area contributed by atoms with Gasteiger partial charge < -0.3 is 19.9 Å². The van der Waals surface area contributed by atoms with E-state index in [2.05, 4.69) is 5.32 Å². The van der Waals surface area contributed by atoms with Crippen LogP contribution in [0.25, 0.3) is 0 Å². The molecule has 4 amide bonds. The average Bonchev–Trinajstić information content (AvgIpc) is 2.96. The van der Waals surface area contributed by atoms with Crippen molar-refractivity contribution in [3.05, 3.63) is 35.9 Å². The van der Waals surface area contributed by atoms with Gasteiger partial charge in [0.1, 0.15) is 18.2 Å². The second kappa shape index (κ2) is 8.45. The molecule has 3 aliphatic heterocycles. The largest absolute Gasteiger partial charge is 0.444 e. The highest BCUT2D eigenvalue weighted by atomic mass is 16.7. The third-order valence-corrected chi connectivity index (χ3v) is 7.25. The van der Waals surface area contributed by atoms with Gasteiger partial charge in [0.2, 0.25) is 5.91 Å². The van der Waals surface area contributed by atoms with E-state index in [1.165, 1.54) is 5.06 Å². The summed E-state index contributed by atoms with van der Waals surface area (Å²) in [6, 6.07) is 9.15. The monoisotopic (exact) mass is 470 g/mol. The highest BCUT2D eigenvalue weighted by molar-refractivity contribution is 5.88. The number of ether oxygens (including phenoxy) is 1. The molecule has 0 radical (unpaired) electrons. The van der Waals surface area contributed by atoms with Gasteiger partial charge >= 0.3 is 12.1 Å². The molecule has 0 unspecified atom stereocenters. The van der Waals surface area contributed by atoms with Crippen molar-refractivity contribution in [2.45, 2.75) is 76.8 Å². The maximum absolute atomic E-state index is 13.0. The van der Waals surface area contributed by atoms with Crippen molar-refractivity contribution < 1.29 is 24.0 Å². The topological polar surface area (TPSA) is 91.4 Å². The van der Waals surface area contributed by atoms with Gasteiger partial charge in [0.25, 0.3) is 0 Å². The number of carbonyl (C=O) groups excluding carboxylic acids is 3. The molecule has 0 aromatic heterocycles. The first-order chi connectivity index (χ1) is 16.1. The standard InChI is InChI=1S/C25H34N4O5/c1-24(2,3)34-23(32)27-15-25(16-27)11-18(12-25)26-21(30)20-10-9-19-13-28(20)22(31)29(19)33-14-17-7-5-4-6-8-17/h4-8,18-20H,9-16H2,1-3H3,(H,26,30)/t19-,20-/m1/s1. The fourth-order valence-electron chi connectivity index (χ4n) is 5.65. The number of likely N-dealkylation sites (tertiary alicyclic amines) is 1. The highest BCUT2D eigenvalue weighted by Gasteiger charge is 2.55. The van der Waals surface area contributed by atoms with Crippen molar-refractivity contribution in [2.24, 2.45) is 5.41 Å². The third kappa shape index (κ3) is 4.45. The van der Waals surface area contributed by atoms with Crippen molar-refractivity contribution >= 4 is 18.0 Å². The molecule has 1 aromatic carbocycles. The van der Waals surface area contributed by atoms with Crippen LogP contribution in [0.2, 0.25) is 0 Å². The van der Waals surface area contributed by atoms with Crippen LogP contribution in [0.5, 0.6) is 0 Å². The number of benzene rings is 1. The summed E-state index contributed by atoms with van der Waals surface area (Å²) in [7, 11) is 0. The molecule has 184 valence electrons. The lowest BCUT2D eigenvalue weighted by Gasteiger charge is -2.58. The third-order valence-electron chi connectivity index (χ3n) is 7.25. The maximum atomic E-state index is 13.0. The van der Waals surface area contributed by atoms with Crippen LogP contribution in [0.1, 0.15) is 52.0 Å². The summed E-state index contributed by atoms with van der Waals surface area (Å²) in [5.74, 6) is -0.0834. The lowest BCUT2D eigenvalue weighted by atomic mass is 9.60. The maximum Gasteiger partial charge on any atom is 0.410 e. The Morgan fingerprint density at radius 2 is 1.82 bits per heavy atom. The van der Waals surface area contributed by atoms with Crippen LogP contribution in [0.3, 0.4) is 0 Å². The molecule has 9 nitrogen and oxygen atoms in total. The van der Waals surface area contributed by atoms with E-state index in [-0.39, 0.29) is 35.5 Å². The minimum atomic E-state index is -0.496. The second-order valence-corrected chi connectivity index (χ2v) is 11.2. The molecule has 2 atom stereocenters. The van der Waals surface area contributed by atoms with E-state index in [0.717, 1.165) is 24.8 Å². The lowest BCUT2D eigenvalue weighted by Crippen LogP contribution is -2.68. The molecule has 1 spiro atoms. The van der Waals surface area contributed by atoms with Gasteiger partial charge in [-0.25, -0.2) is 9.59 Å². The molecule has 1 aromatic rings. The molecule has 3 saturated heterocycles. The Balaban J connectivity index is 1.08. The zero-order valence-electron chi connectivity index (χ0n) is 20.2. The second-order valence-electron chi connectivity index (χ2n) is 11.2. The first-order valence-corrected chi connectivity index (χ1v) is 12.2. The Kier molecular flexibility index (Phi) is 5.70. The summed E-state index contributed by atoms with van der Waals surface area (Å²) in [6.07, 6.45) is 2.82. The van der Waals surface area contributed by atoms with Gasteiger partial charge in [-0.1, -0.05) is 30.3 Å². The Morgan fingerprint density at radius 1 is 1.12 bits per heavy atom. The van der Waals surface area contributed by atoms with Gasteiger partial charge in [0, 0.05) is 31.1 Å². The smallest absolute Gasteiger partial charge is 0.410 e. The number of nitrogens with one attached hydrogen (secondary N) is 1. The summed E-state index contributed by atoms with van der Waals surface area (Å²) in [5.41, 5.74) is 0.600. The van der Waals surface area contributed by atoms with Crippen LogP contribution in [-0.4, -0.2) is 76.3 Å². The van der Waals surface area contributed by atoms with Crippen LogP contribution in [-0.2, 0) is 21.0 Å². The van der Waals surface area contributed by atoms with E-state index >= 15 is 0 Å². The molecule has 5 rings (SSSR count). The number of rotatable bonds is 5. The van der Waals surface area contributed by atoms with Crippen LogP contribution >= 0.6 is 0 Å². The number of piperidine rings is 1. The van der Waals surface area contributed by atoms with Gasteiger partial charge in [-0.3, -0.25) is 9.63 Å². The van der Waals surface area contributed by atoms with E-state index in [4.69, 9.17) is 9.57 Å². The molecule has 3 heterocycles. The number of hydrogen-bond donors (Lipinski definition) is 1. The molecular formula is C25H34N4O5. The molecule has 2 bridgehead atoms. The average molecular weight is 471 g/mol.